The topological polar surface area (TPSA) is 104 Å². The molecule has 2 rings (SSSR count). The van der Waals surface area contributed by atoms with Crippen molar-refractivity contribution in [2.24, 2.45) is 0 Å². The third kappa shape index (κ3) is 6.72. The number of carbonyl (C=O) groups is 2. The van der Waals surface area contributed by atoms with E-state index in [2.05, 4.69) is 4.74 Å². The second kappa shape index (κ2) is 10.0. The van der Waals surface area contributed by atoms with Crippen LogP contribution in [0.1, 0.15) is 23.3 Å². The highest BCUT2D eigenvalue weighted by Crippen LogP contribution is 2.17. The van der Waals surface area contributed by atoms with E-state index in [1.165, 1.54) is 31.4 Å². The first-order valence-corrected chi connectivity index (χ1v) is 7.69. The van der Waals surface area contributed by atoms with Crippen LogP contribution in [0.5, 0.6) is 0 Å². The van der Waals surface area contributed by atoms with Crippen molar-refractivity contribution in [2.45, 2.75) is 12.2 Å². The molecule has 6 nitrogen and oxygen atoms in total. The lowest BCUT2D eigenvalue weighted by atomic mass is 10.1. The van der Waals surface area contributed by atoms with Gasteiger partial charge in [-0.1, -0.05) is 47.5 Å². The van der Waals surface area contributed by atoms with Crippen LogP contribution in [-0.2, 0) is 14.3 Å². The Kier molecular flexibility index (Phi) is 8.37. The van der Waals surface area contributed by atoms with Crippen LogP contribution in [0, 0.1) is 0 Å². The Bertz CT molecular complexity index is 700. The summed E-state index contributed by atoms with van der Waals surface area (Å²) >= 11 is 11.2. The van der Waals surface area contributed by atoms with Crippen molar-refractivity contribution in [3.8, 4) is 0 Å². The molecule has 2 aromatic carbocycles. The van der Waals surface area contributed by atoms with Gasteiger partial charge in [-0.15, -0.1) is 0 Å². The van der Waals surface area contributed by atoms with Gasteiger partial charge in [-0.25, -0.2) is 9.59 Å². The number of carboxylic acid groups (broad SMARTS) is 1. The van der Waals surface area contributed by atoms with Gasteiger partial charge < -0.3 is 20.1 Å². The Morgan fingerprint density at radius 1 is 0.840 bits per heavy atom. The highest BCUT2D eigenvalue weighted by Gasteiger charge is 2.17. The maximum absolute atomic E-state index is 10.9. The molecule has 0 heterocycles. The number of carbonyl (C=O) groups excluding carboxylic acids is 1. The summed E-state index contributed by atoms with van der Waals surface area (Å²) in [5.74, 6) is -1.94. The van der Waals surface area contributed by atoms with Crippen molar-refractivity contribution in [1.29, 1.82) is 0 Å². The van der Waals surface area contributed by atoms with Crippen LogP contribution in [0.3, 0.4) is 0 Å². The Hall–Kier alpha value is -2.12. The van der Waals surface area contributed by atoms with E-state index in [1.807, 2.05) is 0 Å². The van der Waals surface area contributed by atoms with Crippen LogP contribution >= 0.6 is 23.2 Å². The summed E-state index contributed by atoms with van der Waals surface area (Å²) < 4.78 is 4.37. The van der Waals surface area contributed by atoms with Gasteiger partial charge in [0.15, 0.2) is 12.2 Å². The lowest BCUT2D eigenvalue weighted by molar-refractivity contribution is -0.150. The van der Waals surface area contributed by atoms with Crippen LogP contribution in [0.25, 0.3) is 0 Å². The largest absolute Gasteiger partial charge is 0.479 e. The van der Waals surface area contributed by atoms with Gasteiger partial charge in [-0.05, 0) is 35.4 Å². The average molecular weight is 387 g/mol. The Morgan fingerprint density at radius 3 is 1.52 bits per heavy atom. The van der Waals surface area contributed by atoms with Crippen molar-refractivity contribution in [2.75, 3.05) is 7.11 Å². The fraction of sp³-hybridized carbons (Fsp3) is 0.176. The third-order valence-electron chi connectivity index (χ3n) is 3.03. The molecule has 0 saturated heterocycles. The van der Waals surface area contributed by atoms with E-state index in [1.54, 1.807) is 24.3 Å². The zero-order valence-electron chi connectivity index (χ0n) is 13.1. The first-order valence-electron chi connectivity index (χ1n) is 6.94. The number of aliphatic hydroxyl groups excluding tert-OH is 2. The second-order valence-corrected chi connectivity index (χ2v) is 5.64. The van der Waals surface area contributed by atoms with Crippen LogP contribution in [0.2, 0.25) is 10.0 Å². The monoisotopic (exact) mass is 386 g/mol. The summed E-state index contributed by atoms with van der Waals surface area (Å²) in [5, 5.41) is 27.9. The number of ether oxygens (including phenoxy) is 1. The fourth-order valence-electron chi connectivity index (χ4n) is 1.68. The number of methoxy groups -OCH3 is 1. The molecule has 0 bridgehead atoms. The van der Waals surface area contributed by atoms with Gasteiger partial charge in [0.05, 0.1) is 7.11 Å². The number of esters is 1. The zero-order valence-corrected chi connectivity index (χ0v) is 14.6. The molecule has 0 spiro atoms. The summed E-state index contributed by atoms with van der Waals surface area (Å²) in [7, 11) is 1.22. The Labute approximate surface area is 154 Å². The predicted molar refractivity (Wildman–Crippen MR) is 92.5 cm³/mol. The molecular formula is C17H16Cl2O6. The van der Waals surface area contributed by atoms with E-state index >= 15 is 0 Å². The van der Waals surface area contributed by atoms with E-state index in [9.17, 15) is 14.7 Å². The zero-order chi connectivity index (χ0) is 19.0. The molecule has 0 fully saturated rings. The number of aliphatic hydroxyl groups is 2. The molecule has 0 aromatic heterocycles. The first-order chi connectivity index (χ1) is 11.8. The highest BCUT2D eigenvalue weighted by atomic mass is 35.5. The lowest BCUT2D eigenvalue weighted by Gasteiger charge is -2.07. The summed E-state index contributed by atoms with van der Waals surface area (Å²) in [5.41, 5.74) is 0.795. The molecule has 25 heavy (non-hydrogen) atoms. The van der Waals surface area contributed by atoms with Gasteiger partial charge in [0, 0.05) is 10.0 Å². The lowest BCUT2D eigenvalue weighted by Crippen LogP contribution is -2.13. The minimum Gasteiger partial charge on any atom is -0.479 e. The molecule has 3 N–H and O–H groups in total. The number of hydrogen-bond acceptors (Lipinski definition) is 5. The van der Waals surface area contributed by atoms with Crippen molar-refractivity contribution >= 4 is 35.1 Å². The molecule has 8 heteroatoms. The summed E-state index contributed by atoms with van der Waals surface area (Å²) in [4.78, 5) is 21.2. The van der Waals surface area contributed by atoms with Crippen LogP contribution in [0.15, 0.2) is 48.5 Å². The number of aliphatic carboxylic acids is 1. The maximum Gasteiger partial charge on any atom is 0.339 e. The van der Waals surface area contributed by atoms with Gasteiger partial charge in [-0.3, -0.25) is 0 Å². The van der Waals surface area contributed by atoms with Crippen molar-refractivity contribution in [3.63, 3.8) is 0 Å². The standard InChI is InChI=1S/C9H9ClO3.C8H7ClO3/c1-13-9(12)8(11)6-2-4-7(10)5-3-6;9-6-3-1-5(2-4-6)7(10)8(11)12/h2-5,8,11H,1H3;1-4,7,10H,(H,11,12)/t;7-/m.1/s1. The van der Waals surface area contributed by atoms with Crippen molar-refractivity contribution in [1.82, 2.24) is 0 Å². The smallest absolute Gasteiger partial charge is 0.339 e. The van der Waals surface area contributed by atoms with E-state index in [0.29, 0.717) is 21.2 Å². The molecule has 0 saturated carbocycles. The van der Waals surface area contributed by atoms with Crippen LogP contribution in [-0.4, -0.2) is 34.4 Å². The highest BCUT2D eigenvalue weighted by molar-refractivity contribution is 6.30. The number of benzene rings is 2. The fourth-order valence-corrected chi connectivity index (χ4v) is 1.93. The van der Waals surface area contributed by atoms with Crippen molar-refractivity contribution in [3.05, 3.63) is 69.7 Å². The van der Waals surface area contributed by atoms with Crippen LogP contribution < -0.4 is 0 Å². The van der Waals surface area contributed by atoms with Gasteiger partial charge in [0.2, 0.25) is 0 Å². The minimum absolute atomic E-state index is 0.326. The summed E-state index contributed by atoms with van der Waals surface area (Å²) in [6.45, 7) is 0. The number of rotatable bonds is 4. The molecule has 2 atom stereocenters. The van der Waals surface area contributed by atoms with Gasteiger partial charge in [0.1, 0.15) is 0 Å². The molecular weight excluding hydrogens is 371 g/mol. The SMILES string of the molecule is COC(=O)C(O)c1ccc(Cl)cc1.O=C(O)[C@H](O)c1ccc(Cl)cc1. The number of halogens is 2. The summed E-state index contributed by atoms with van der Waals surface area (Å²) in [6, 6.07) is 12.4. The molecule has 0 aliphatic rings. The quantitative estimate of drug-likeness (QED) is 0.697. The second-order valence-electron chi connectivity index (χ2n) is 4.77. The Balaban J connectivity index is 0.000000251. The van der Waals surface area contributed by atoms with Gasteiger partial charge in [-0.2, -0.15) is 0 Å². The minimum atomic E-state index is -1.47. The maximum atomic E-state index is 10.9. The first kappa shape index (κ1) is 20.9. The molecule has 0 aliphatic carbocycles. The predicted octanol–water partition coefficient (Wildman–Crippen LogP) is 3.00. The van der Waals surface area contributed by atoms with E-state index in [4.69, 9.17) is 33.4 Å². The summed E-state index contributed by atoms with van der Waals surface area (Å²) in [6.07, 6.45) is -2.70. The number of carboxylic acids is 1. The van der Waals surface area contributed by atoms with Gasteiger partial charge in [0.25, 0.3) is 0 Å². The molecule has 0 amide bonds. The molecule has 1 unspecified atom stereocenters. The Morgan fingerprint density at radius 2 is 1.20 bits per heavy atom. The van der Waals surface area contributed by atoms with E-state index < -0.39 is 24.1 Å². The average Bonchev–Trinajstić information content (AvgIpc) is 2.61. The third-order valence-corrected chi connectivity index (χ3v) is 3.53. The normalized spacial score (nSPS) is 12.4. The van der Waals surface area contributed by atoms with Gasteiger partial charge >= 0.3 is 11.9 Å². The van der Waals surface area contributed by atoms with E-state index in [-0.39, 0.29) is 0 Å². The molecule has 0 aliphatic heterocycles. The number of hydrogen-bond donors (Lipinski definition) is 3. The molecule has 134 valence electrons. The van der Waals surface area contributed by atoms with Crippen molar-refractivity contribution < 1.29 is 29.6 Å². The molecule has 2 aromatic rings. The van der Waals surface area contributed by atoms with Crippen LogP contribution in [0.4, 0.5) is 0 Å². The molecule has 0 radical (unpaired) electrons. The van der Waals surface area contributed by atoms with E-state index in [0.717, 1.165) is 0 Å².